The molecule has 6 heteroatoms. The van der Waals surface area contributed by atoms with Crippen LogP contribution in [0.5, 0.6) is 0 Å². The fourth-order valence-corrected chi connectivity index (χ4v) is 1.14. The van der Waals surface area contributed by atoms with Gasteiger partial charge >= 0.3 is 0 Å². The number of amides is 1. The van der Waals surface area contributed by atoms with Crippen molar-refractivity contribution in [3.05, 3.63) is 22.4 Å². The molecular formula is C8H9Cl2N3O. The molecule has 3 N–H and O–H groups in total. The van der Waals surface area contributed by atoms with Gasteiger partial charge in [0.15, 0.2) is 5.15 Å². The number of carbonyl (C=O) groups is 1. The van der Waals surface area contributed by atoms with Crippen molar-refractivity contribution < 1.29 is 4.79 Å². The van der Waals surface area contributed by atoms with E-state index in [4.69, 9.17) is 28.9 Å². The molecule has 0 spiro atoms. The van der Waals surface area contributed by atoms with Crippen molar-refractivity contribution in [1.82, 2.24) is 4.98 Å². The van der Waals surface area contributed by atoms with Crippen LogP contribution in [0.2, 0.25) is 10.3 Å². The summed E-state index contributed by atoms with van der Waals surface area (Å²) in [6, 6.07) is 2.50. The molecule has 1 amide bonds. The van der Waals surface area contributed by atoms with Crippen LogP contribution in [0.3, 0.4) is 0 Å². The molecule has 1 atom stereocenters. The molecule has 0 unspecified atom stereocenters. The van der Waals surface area contributed by atoms with Gasteiger partial charge in [-0.1, -0.05) is 23.2 Å². The monoisotopic (exact) mass is 233 g/mol. The van der Waals surface area contributed by atoms with Gasteiger partial charge in [-0.2, -0.15) is 0 Å². The second-order valence-electron chi connectivity index (χ2n) is 2.75. The van der Waals surface area contributed by atoms with E-state index in [1.807, 2.05) is 0 Å². The fraction of sp³-hybridized carbons (Fsp3) is 0.250. The average Bonchev–Trinajstić information content (AvgIpc) is 2.09. The van der Waals surface area contributed by atoms with Crippen molar-refractivity contribution in [2.75, 3.05) is 5.32 Å². The molecular weight excluding hydrogens is 225 g/mol. The predicted molar refractivity (Wildman–Crippen MR) is 56.5 cm³/mol. The molecule has 14 heavy (non-hydrogen) atoms. The largest absolute Gasteiger partial charge is 0.322 e. The van der Waals surface area contributed by atoms with E-state index in [-0.39, 0.29) is 16.2 Å². The summed E-state index contributed by atoms with van der Waals surface area (Å²) in [5.74, 6) is -0.323. The third-order valence-corrected chi connectivity index (χ3v) is 1.98. The molecule has 4 nitrogen and oxygen atoms in total. The Morgan fingerprint density at radius 1 is 1.57 bits per heavy atom. The normalized spacial score (nSPS) is 12.3. The summed E-state index contributed by atoms with van der Waals surface area (Å²) in [6.45, 7) is 1.58. The van der Waals surface area contributed by atoms with Crippen molar-refractivity contribution in [1.29, 1.82) is 0 Å². The minimum absolute atomic E-state index is 0.145. The molecule has 0 aliphatic heterocycles. The topological polar surface area (TPSA) is 68.0 Å². The third-order valence-electron chi connectivity index (χ3n) is 1.49. The highest BCUT2D eigenvalue weighted by Gasteiger charge is 2.10. The zero-order valence-corrected chi connectivity index (χ0v) is 8.93. The van der Waals surface area contributed by atoms with Crippen molar-refractivity contribution in [2.45, 2.75) is 13.0 Å². The number of hydrogen-bond acceptors (Lipinski definition) is 3. The summed E-state index contributed by atoms with van der Waals surface area (Å²) in [6.07, 6.45) is 0. The van der Waals surface area contributed by atoms with Gasteiger partial charge in [-0.25, -0.2) is 4.98 Å². The molecule has 0 saturated heterocycles. The summed E-state index contributed by atoms with van der Waals surface area (Å²) >= 11 is 11.3. The minimum atomic E-state index is -0.596. The highest BCUT2D eigenvalue weighted by atomic mass is 35.5. The highest BCUT2D eigenvalue weighted by molar-refractivity contribution is 6.34. The molecule has 1 heterocycles. The van der Waals surface area contributed by atoms with Crippen LogP contribution in [-0.2, 0) is 4.79 Å². The number of nitrogens with two attached hydrogens (primary N) is 1. The van der Waals surface area contributed by atoms with E-state index in [1.54, 1.807) is 13.0 Å². The average molecular weight is 234 g/mol. The third kappa shape index (κ3) is 2.83. The van der Waals surface area contributed by atoms with E-state index in [2.05, 4.69) is 10.3 Å². The molecule has 1 rings (SSSR count). The number of halogens is 2. The summed E-state index contributed by atoms with van der Waals surface area (Å²) in [5, 5.41) is 2.94. The first-order chi connectivity index (χ1) is 6.50. The van der Waals surface area contributed by atoms with Crippen LogP contribution in [0.1, 0.15) is 6.92 Å². The number of nitrogens with zero attached hydrogens (tertiary/aromatic N) is 1. The lowest BCUT2D eigenvalue weighted by Crippen LogP contribution is -2.32. The van der Waals surface area contributed by atoms with E-state index in [0.29, 0.717) is 5.69 Å². The fourth-order valence-electron chi connectivity index (χ4n) is 0.752. The first-order valence-corrected chi connectivity index (χ1v) is 4.65. The van der Waals surface area contributed by atoms with E-state index in [9.17, 15) is 4.79 Å². The summed E-state index contributed by atoms with van der Waals surface area (Å²) < 4.78 is 0. The van der Waals surface area contributed by atoms with Gasteiger partial charge in [0.05, 0.1) is 11.7 Å². The molecule has 0 aromatic carbocycles. The Kier molecular flexibility index (Phi) is 3.69. The summed E-state index contributed by atoms with van der Waals surface area (Å²) in [7, 11) is 0. The zero-order chi connectivity index (χ0) is 10.7. The van der Waals surface area contributed by atoms with E-state index < -0.39 is 6.04 Å². The summed E-state index contributed by atoms with van der Waals surface area (Å²) in [4.78, 5) is 15.0. The summed E-state index contributed by atoms with van der Waals surface area (Å²) in [5.41, 5.74) is 5.76. The number of carbonyl (C=O) groups excluding carboxylic acids is 1. The molecule has 0 aliphatic rings. The van der Waals surface area contributed by atoms with Crippen LogP contribution >= 0.6 is 23.2 Å². The number of rotatable bonds is 2. The molecule has 0 aliphatic carbocycles. The molecule has 1 aromatic rings. The van der Waals surface area contributed by atoms with Gasteiger partial charge in [-0.3, -0.25) is 4.79 Å². The maximum atomic E-state index is 11.2. The standard InChI is InChI=1S/C8H9Cl2N3O/c1-4(11)8(14)12-5-2-3-6(9)13-7(5)10/h2-4H,11H2,1H3,(H,12,14)/t4-/m1/s1. The van der Waals surface area contributed by atoms with E-state index in [1.165, 1.54) is 6.07 Å². The lowest BCUT2D eigenvalue weighted by atomic mass is 10.3. The number of anilines is 1. The smallest absolute Gasteiger partial charge is 0.241 e. The minimum Gasteiger partial charge on any atom is -0.322 e. The van der Waals surface area contributed by atoms with E-state index >= 15 is 0 Å². The maximum absolute atomic E-state index is 11.2. The Bertz CT molecular complexity index is 354. The molecule has 0 bridgehead atoms. The van der Waals surface area contributed by atoms with Crippen molar-refractivity contribution in [3.63, 3.8) is 0 Å². The molecule has 0 saturated carbocycles. The lowest BCUT2D eigenvalue weighted by molar-refractivity contribution is -0.117. The quantitative estimate of drug-likeness (QED) is 0.765. The Balaban J connectivity index is 2.82. The highest BCUT2D eigenvalue weighted by Crippen LogP contribution is 2.21. The van der Waals surface area contributed by atoms with Crippen LogP contribution < -0.4 is 11.1 Å². The maximum Gasteiger partial charge on any atom is 0.241 e. The lowest BCUT2D eigenvalue weighted by Gasteiger charge is -2.08. The van der Waals surface area contributed by atoms with Crippen LogP contribution in [0.4, 0.5) is 5.69 Å². The molecule has 0 fully saturated rings. The van der Waals surface area contributed by atoms with Crippen LogP contribution in [-0.4, -0.2) is 16.9 Å². The van der Waals surface area contributed by atoms with Crippen LogP contribution in [0.15, 0.2) is 12.1 Å². The van der Waals surface area contributed by atoms with Gasteiger partial charge in [0.1, 0.15) is 5.15 Å². The SMILES string of the molecule is C[C@@H](N)C(=O)Nc1ccc(Cl)nc1Cl. The van der Waals surface area contributed by atoms with Crippen molar-refractivity contribution >= 4 is 34.8 Å². The second-order valence-corrected chi connectivity index (χ2v) is 3.50. The first-order valence-electron chi connectivity index (χ1n) is 3.89. The predicted octanol–water partition coefficient (Wildman–Crippen LogP) is 1.67. The van der Waals surface area contributed by atoms with Gasteiger partial charge in [0, 0.05) is 0 Å². The number of hydrogen-bond donors (Lipinski definition) is 2. The van der Waals surface area contributed by atoms with Crippen molar-refractivity contribution in [3.8, 4) is 0 Å². The van der Waals surface area contributed by atoms with Gasteiger partial charge < -0.3 is 11.1 Å². The van der Waals surface area contributed by atoms with Gasteiger partial charge in [-0.15, -0.1) is 0 Å². The number of pyridine rings is 1. The van der Waals surface area contributed by atoms with Crippen LogP contribution in [0.25, 0.3) is 0 Å². The second kappa shape index (κ2) is 4.59. The molecule has 76 valence electrons. The number of aromatic nitrogens is 1. The first kappa shape index (κ1) is 11.2. The Morgan fingerprint density at radius 2 is 2.21 bits per heavy atom. The van der Waals surface area contributed by atoms with E-state index in [0.717, 1.165) is 0 Å². The van der Waals surface area contributed by atoms with Gasteiger partial charge in [0.25, 0.3) is 0 Å². The Hall–Kier alpha value is -0.840. The molecule has 0 radical (unpaired) electrons. The zero-order valence-electron chi connectivity index (χ0n) is 7.42. The number of nitrogens with one attached hydrogen (secondary N) is 1. The Morgan fingerprint density at radius 3 is 2.71 bits per heavy atom. The van der Waals surface area contributed by atoms with Gasteiger partial charge in [-0.05, 0) is 19.1 Å². The molecule has 1 aromatic heterocycles. The van der Waals surface area contributed by atoms with Gasteiger partial charge in [0.2, 0.25) is 5.91 Å². The van der Waals surface area contributed by atoms with Crippen LogP contribution in [0, 0.1) is 0 Å². The Labute approximate surface area is 91.4 Å². The van der Waals surface area contributed by atoms with Crippen molar-refractivity contribution in [2.24, 2.45) is 5.73 Å².